The SMILES string of the molecule is O=[C-]c1ccccc1.[Y].[c-]1ccccc1. The first-order valence-electron chi connectivity index (χ1n) is 4.28. The summed E-state index contributed by atoms with van der Waals surface area (Å²) >= 11 is 0. The third-order valence-electron chi connectivity index (χ3n) is 1.50. The minimum atomic E-state index is 0. The molecule has 0 saturated heterocycles. The number of hydrogen-bond donors (Lipinski definition) is 0. The van der Waals surface area contributed by atoms with Gasteiger partial charge in [-0.05, 0) is 0 Å². The third-order valence-corrected chi connectivity index (χ3v) is 1.50. The number of rotatable bonds is 1. The fourth-order valence-corrected chi connectivity index (χ4v) is 0.848. The molecule has 2 aromatic rings. The summed E-state index contributed by atoms with van der Waals surface area (Å²) < 4.78 is 0. The van der Waals surface area contributed by atoms with Crippen molar-refractivity contribution >= 4 is 6.29 Å². The van der Waals surface area contributed by atoms with Crippen LogP contribution < -0.4 is 0 Å². The molecule has 0 heterocycles. The van der Waals surface area contributed by atoms with Gasteiger partial charge in [0.15, 0.2) is 0 Å². The summed E-state index contributed by atoms with van der Waals surface area (Å²) in [7, 11) is 0. The van der Waals surface area contributed by atoms with Crippen LogP contribution in [0.15, 0.2) is 60.7 Å². The second kappa shape index (κ2) is 9.76. The molecule has 0 amide bonds. The van der Waals surface area contributed by atoms with Crippen LogP contribution in [0.3, 0.4) is 0 Å². The van der Waals surface area contributed by atoms with Gasteiger partial charge in [-0.25, -0.2) is 0 Å². The predicted molar refractivity (Wildman–Crippen MR) is 56.5 cm³/mol. The van der Waals surface area contributed by atoms with Crippen LogP contribution >= 0.6 is 0 Å². The molecule has 0 aliphatic heterocycles. The Morgan fingerprint density at radius 1 is 0.867 bits per heavy atom. The van der Waals surface area contributed by atoms with Gasteiger partial charge in [0.1, 0.15) is 0 Å². The second-order valence-electron chi connectivity index (χ2n) is 2.55. The van der Waals surface area contributed by atoms with E-state index in [-0.39, 0.29) is 32.7 Å². The van der Waals surface area contributed by atoms with Crippen LogP contribution in [-0.2, 0) is 37.5 Å². The zero-order chi connectivity index (χ0) is 10.1. The van der Waals surface area contributed by atoms with Gasteiger partial charge in [-0.1, -0.05) is 6.07 Å². The maximum atomic E-state index is 9.88. The van der Waals surface area contributed by atoms with Gasteiger partial charge in [0, 0.05) is 32.7 Å². The normalized spacial score (nSPS) is 7.73. The average Bonchev–Trinajstić information content (AvgIpc) is 2.33. The van der Waals surface area contributed by atoms with E-state index in [2.05, 4.69) is 6.07 Å². The zero-order valence-electron chi connectivity index (χ0n) is 8.26. The number of benzene rings is 2. The van der Waals surface area contributed by atoms with Crippen molar-refractivity contribution in [2.75, 3.05) is 0 Å². The van der Waals surface area contributed by atoms with Crippen molar-refractivity contribution in [1.82, 2.24) is 0 Å². The van der Waals surface area contributed by atoms with Crippen LogP contribution in [0.1, 0.15) is 5.56 Å². The first-order chi connectivity index (χ1) is 6.93. The van der Waals surface area contributed by atoms with Crippen LogP contribution in [0, 0.1) is 6.07 Å². The third kappa shape index (κ3) is 7.18. The predicted octanol–water partition coefficient (Wildman–Crippen LogP) is 2.63. The second-order valence-corrected chi connectivity index (χ2v) is 2.55. The topological polar surface area (TPSA) is 17.1 Å². The van der Waals surface area contributed by atoms with Crippen molar-refractivity contribution < 1.29 is 37.5 Å². The minimum Gasteiger partial charge on any atom is -0.376 e. The molecule has 2 aromatic carbocycles. The molecule has 0 N–H and O–H groups in total. The summed E-state index contributed by atoms with van der Waals surface area (Å²) in [6.07, 6.45) is 1.78. The van der Waals surface area contributed by atoms with Crippen molar-refractivity contribution in [3.8, 4) is 0 Å². The zero-order valence-corrected chi connectivity index (χ0v) is 11.1. The molecule has 1 nitrogen and oxygen atoms in total. The smallest absolute Gasteiger partial charge is 0.0627 e. The molecule has 15 heavy (non-hydrogen) atoms. The fourth-order valence-electron chi connectivity index (χ4n) is 0.848. The minimum absolute atomic E-state index is 0. The van der Waals surface area contributed by atoms with Gasteiger partial charge in [-0.2, -0.15) is 54.1 Å². The maximum Gasteiger partial charge on any atom is 0.0627 e. The van der Waals surface area contributed by atoms with Crippen molar-refractivity contribution in [2.45, 2.75) is 0 Å². The average molecular weight is 271 g/mol. The molecular weight excluding hydrogens is 261 g/mol. The Labute approximate surface area is 115 Å². The molecule has 0 aromatic heterocycles. The molecular formula is C13H10OY-2. The Morgan fingerprint density at radius 3 is 1.67 bits per heavy atom. The summed E-state index contributed by atoms with van der Waals surface area (Å²) in [6, 6.07) is 21.4. The van der Waals surface area contributed by atoms with Crippen molar-refractivity contribution in [3.05, 3.63) is 72.3 Å². The fraction of sp³-hybridized carbons (Fsp3) is 0. The van der Waals surface area contributed by atoms with E-state index in [0.717, 1.165) is 0 Å². The molecule has 0 unspecified atom stereocenters. The Kier molecular flexibility index (Phi) is 9.25. The Bertz CT molecular complexity index is 319. The first-order valence-corrected chi connectivity index (χ1v) is 4.28. The van der Waals surface area contributed by atoms with E-state index in [1.807, 2.05) is 36.4 Å². The van der Waals surface area contributed by atoms with Crippen LogP contribution in [0.4, 0.5) is 0 Å². The largest absolute Gasteiger partial charge is 0.376 e. The summed E-state index contributed by atoms with van der Waals surface area (Å²) in [5, 5.41) is 0. The van der Waals surface area contributed by atoms with Crippen LogP contribution in [0.2, 0.25) is 0 Å². The van der Waals surface area contributed by atoms with Gasteiger partial charge >= 0.3 is 0 Å². The summed E-state index contributed by atoms with van der Waals surface area (Å²) in [5.41, 5.74) is 0.604. The van der Waals surface area contributed by atoms with E-state index >= 15 is 0 Å². The Balaban J connectivity index is 0.000000253. The molecule has 2 rings (SSSR count). The van der Waals surface area contributed by atoms with E-state index in [0.29, 0.717) is 5.56 Å². The van der Waals surface area contributed by atoms with E-state index in [4.69, 9.17) is 0 Å². The molecule has 0 fully saturated rings. The molecule has 2 heteroatoms. The monoisotopic (exact) mass is 271 g/mol. The molecule has 0 spiro atoms. The maximum absolute atomic E-state index is 9.88. The molecule has 1 radical (unpaired) electrons. The van der Waals surface area contributed by atoms with Gasteiger partial charge in [0.25, 0.3) is 0 Å². The summed E-state index contributed by atoms with van der Waals surface area (Å²) in [6.45, 7) is 0. The Morgan fingerprint density at radius 2 is 1.40 bits per heavy atom. The van der Waals surface area contributed by atoms with Crippen LogP contribution in [0.5, 0.6) is 0 Å². The van der Waals surface area contributed by atoms with Gasteiger partial charge in [-0.3, -0.25) is 0 Å². The Hall–Kier alpha value is -0.786. The van der Waals surface area contributed by atoms with Gasteiger partial charge < -0.3 is 4.79 Å². The molecule has 73 valence electrons. The van der Waals surface area contributed by atoms with E-state index in [9.17, 15) is 4.79 Å². The van der Waals surface area contributed by atoms with Gasteiger partial charge in [0.2, 0.25) is 0 Å². The molecule has 0 bridgehead atoms. The standard InChI is InChI=1S/C7H5O.C6H5.Y/c8-6-7-4-2-1-3-5-7;1-2-4-6-5-3-1;/h1-5H;1-5H;/q2*-1;. The van der Waals surface area contributed by atoms with Crippen LogP contribution in [0.25, 0.3) is 0 Å². The van der Waals surface area contributed by atoms with Crippen LogP contribution in [-0.4, -0.2) is 6.29 Å². The summed E-state index contributed by atoms with van der Waals surface area (Å²) in [4.78, 5) is 9.88. The van der Waals surface area contributed by atoms with E-state index in [1.54, 1.807) is 30.6 Å². The molecule has 0 aliphatic carbocycles. The molecule has 0 saturated carbocycles. The number of hydrogen-bond acceptors (Lipinski definition) is 1. The van der Waals surface area contributed by atoms with Gasteiger partial charge in [0.05, 0.1) is 6.29 Å². The first kappa shape index (κ1) is 14.2. The van der Waals surface area contributed by atoms with Crippen molar-refractivity contribution in [1.29, 1.82) is 0 Å². The summed E-state index contributed by atoms with van der Waals surface area (Å²) in [5.74, 6) is 0. The van der Waals surface area contributed by atoms with Crippen molar-refractivity contribution in [3.63, 3.8) is 0 Å². The molecule has 0 atom stereocenters. The molecule has 0 aliphatic rings. The van der Waals surface area contributed by atoms with Gasteiger partial charge in [-0.15, -0.1) is 12.1 Å². The quantitative estimate of drug-likeness (QED) is 0.729. The van der Waals surface area contributed by atoms with E-state index < -0.39 is 0 Å². The van der Waals surface area contributed by atoms with E-state index in [1.165, 1.54) is 0 Å². The van der Waals surface area contributed by atoms with Crippen molar-refractivity contribution in [2.24, 2.45) is 0 Å². The number of carbonyl (C=O) groups excluding carboxylic acids is 1.